The van der Waals surface area contributed by atoms with E-state index in [1.807, 2.05) is 0 Å². The Morgan fingerprint density at radius 1 is 1.07 bits per heavy atom. The maximum absolute atomic E-state index is 12.5. The molecule has 0 unspecified atom stereocenters. The van der Waals surface area contributed by atoms with Crippen LogP contribution < -0.4 is 10.6 Å². The lowest BCUT2D eigenvalue weighted by molar-refractivity contribution is -0.136. The zero-order valence-corrected chi connectivity index (χ0v) is 15.7. The molecule has 0 atom stereocenters. The van der Waals surface area contributed by atoms with Gasteiger partial charge in [0.15, 0.2) is 5.82 Å². The predicted octanol–water partition coefficient (Wildman–Crippen LogP) is 2.56. The molecule has 3 rings (SSSR count). The molecule has 0 spiro atoms. The van der Waals surface area contributed by atoms with Crippen LogP contribution in [0.1, 0.15) is 21.7 Å². The number of rotatable bonds is 5. The maximum atomic E-state index is 12.5. The van der Waals surface area contributed by atoms with Gasteiger partial charge in [0, 0.05) is 42.3 Å². The van der Waals surface area contributed by atoms with E-state index in [0.29, 0.717) is 21.8 Å². The van der Waals surface area contributed by atoms with Crippen LogP contribution in [0.5, 0.6) is 0 Å². The van der Waals surface area contributed by atoms with E-state index in [1.165, 1.54) is 12.3 Å². The molecule has 3 aromatic rings. The molecule has 0 fully saturated rings. The molecule has 2 amide bonds. The minimum Gasteiger partial charge on any atom is -0.344 e. The largest absolute Gasteiger partial charge is 0.344 e. The Morgan fingerprint density at radius 2 is 1.86 bits per heavy atom. The first-order valence-electron chi connectivity index (χ1n) is 8.40. The Kier molecular flexibility index (Phi) is 5.86. The standard InChI is InChI=1S/C20H17ClN4O3/c1-25-10-9-22-18(25)17(26)13-6-4-7-15(11-13)24-20(28)19(27)23-12-14-5-2-3-8-16(14)21/h2-11H,12H2,1H3,(H,23,27)(H,24,28). The highest BCUT2D eigenvalue weighted by Gasteiger charge is 2.17. The summed E-state index contributed by atoms with van der Waals surface area (Å²) in [5, 5.41) is 5.50. The van der Waals surface area contributed by atoms with Crippen LogP contribution in [0.2, 0.25) is 5.02 Å². The van der Waals surface area contributed by atoms with Crippen LogP contribution >= 0.6 is 11.6 Å². The van der Waals surface area contributed by atoms with Gasteiger partial charge in [0.25, 0.3) is 0 Å². The van der Waals surface area contributed by atoms with Crippen molar-refractivity contribution >= 4 is 34.9 Å². The van der Waals surface area contributed by atoms with Gasteiger partial charge in [-0.3, -0.25) is 14.4 Å². The summed E-state index contributed by atoms with van der Waals surface area (Å²) >= 11 is 6.03. The Hall–Kier alpha value is -3.45. The molecule has 1 heterocycles. The first-order chi connectivity index (χ1) is 13.5. The van der Waals surface area contributed by atoms with Crippen molar-refractivity contribution in [1.82, 2.24) is 14.9 Å². The summed E-state index contributed by atoms with van der Waals surface area (Å²) in [5.41, 5.74) is 1.38. The molecule has 7 nitrogen and oxygen atoms in total. The normalized spacial score (nSPS) is 10.4. The van der Waals surface area contributed by atoms with Crippen molar-refractivity contribution in [1.29, 1.82) is 0 Å². The van der Waals surface area contributed by atoms with Crippen LogP contribution in [0.25, 0.3) is 0 Å². The first kappa shape index (κ1) is 19.3. The minimum absolute atomic E-state index is 0.129. The fourth-order valence-corrected chi connectivity index (χ4v) is 2.74. The number of aryl methyl sites for hydroxylation is 1. The average Bonchev–Trinajstić information content (AvgIpc) is 3.12. The van der Waals surface area contributed by atoms with E-state index in [4.69, 9.17) is 11.6 Å². The number of benzene rings is 2. The van der Waals surface area contributed by atoms with E-state index in [1.54, 1.807) is 60.3 Å². The number of aromatic nitrogens is 2. The van der Waals surface area contributed by atoms with Gasteiger partial charge >= 0.3 is 11.8 Å². The van der Waals surface area contributed by atoms with Gasteiger partial charge in [-0.05, 0) is 23.8 Å². The summed E-state index contributed by atoms with van der Waals surface area (Å²) in [6.45, 7) is 0.129. The van der Waals surface area contributed by atoms with Gasteiger partial charge in [0.2, 0.25) is 5.78 Å². The number of anilines is 1. The van der Waals surface area contributed by atoms with E-state index in [0.717, 1.165) is 0 Å². The third-order valence-electron chi connectivity index (χ3n) is 4.01. The van der Waals surface area contributed by atoms with Crippen molar-refractivity contribution in [2.45, 2.75) is 6.54 Å². The lowest BCUT2D eigenvalue weighted by atomic mass is 10.1. The Bertz CT molecular complexity index is 1050. The van der Waals surface area contributed by atoms with E-state index in [9.17, 15) is 14.4 Å². The molecule has 0 aliphatic rings. The third kappa shape index (κ3) is 4.44. The average molecular weight is 397 g/mol. The molecule has 1 aromatic heterocycles. The van der Waals surface area contributed by atoms with Crippen molar-refractivity contribution in [2.24, 2.45) is 7.05 Å². The smallest absolute Gasteiger partial charge is 0.313 e. The molecule has 8 heteroatoms. The molecule has 0 bridgehead atoms. The van der Waals surface area contributed by atoms with E-state index in [2.05, 4.69) is 15.6 Å². The fraction of sp³-hybridized carbons (Fsp3) is 0.100. The molecule has 0 aliphatic heterocycles. The summed E-state index contributed by atoms with van der Waals surface area (Å²) in [5.74, 6) is -1.65. The van der Waals surface area contributed by atoms with Crippen LogP contribution in [-0.2, 0) is 23.2 Å². The van der Waals surface area contributed by atoms with Gasteiger partial charge < -0.3 is 15.2 Å². The van der Waals surface area contributed by atoms with Gasteiger partial charge in [-0.1, -0.05) is 41.9 Å². The van der Waals surface area contributed by atoms with Crippen molar-refractivity contribution < 1.29 is 14.4 Å². The number of nitrogens with one attached hydrogen (secondary N) is 2. The van der Waals surface area contributed by atoms with Crippen molar-refractivity contribution in [3.63, 3.8) is 0 Å². The predicted molar refractivity (Wildman–Crippen MR) is 105 cm³/mol. The van der Waals surface area contributed by atoms with Crippen LogP contribution in [0.15, 0.2) is 60.9 Å². The Balaban J connectivity index is 1.64. The van der Waals surface area contributed by atoms with Gasteiger partial charge in [-0.25, -0.2) is 4.98 Å². The van der Waals surface area contributed by atoms with Gasteiger partial charge in [-0.2, -0.15) is 0 Å². The van der Waals surface area contributed by atoms with Crippen LogP contribution in [0.4, 0.5) is 5.69 Å². The second-order valence-electron chi connectivity index (χ2n) is 6.00. The minimum atomic E-state index is -0.839. The molecule has 0 aliphatic carbocycles. The number of imidazole rings is 1. The zero-order valence-electron chi connectivity index (χ0n) is 15.0. The number of carbonyl (C=O) groups excluding carboxylic acids is 3. The van der Waals surface area contributed by atoms with Crippen LogP contribution in [0.3, 0.4) is 0 Å². The SMILES string of the molecule is Cn1ccnc1C(=O)c1cccc(NC(=O)C(=O)NCc2ccccc2Cl)c1. The molecule has 0 saturated carbocycles. The molecule has 0 radical (unpaired) electrons. The van der Waals surface area contributed by atoms with Crippen LogP contribution in [0, 0.1) is 0 Å². The lowest BCUT2D eigenvalue weighted by Crippen LogP contribution is -2.35. The lowest BCUT2D eigenvalue weighted by Gasteiger charge is -2.09. The molecule has 0 saturated heterocycles. The van der Waals surface area contributed by atoms with Gasteiger partial charge in [0.1, 0.15) is 0 Å². The molecule has 2 aromatic carbocycles. The summed E-state index contributed by atoms with van der Waals surface area (Å²) in [6, 6.07) is 13.3. The van der Waals surface area contributed by atoms with Crippen molar-refractivity contribution in [3.8, 4) is 0 Å². The Labute approximate surface area is 166 Å². The highest BCUT2D eigenvalue weighted by molar-refractivity contribution is 6.39. The van der Waals surface area contributed by atoms with E-state index >= 15 is 0 Å². The molecular weight excluding hydrogens is 380 g/mol. The number of nitrogens with zero attached hydrogens (tertiary/aromatic N) is 2. The summed E-state index contributed by atoms with van der Waals surface area (Å²) in [7, 11) is 1.72. The highest BCUT2D eigenvalue weighted by Crippen LogP contribution is 2.15. The zero-order chi connectivity index (χ0) is 20.1. The van der Waals surface area contributed by atoms with E-state index in [-0.39, 0.29) is 18.2 Å². The summed E-state index contributed by atoms with van der Waals surface area (Å²) in [4.78, 5) is 40.7. The molecular formula is C20H17ClN4O3. The number of hydrogen-bond acceptors (Lipinski definition) is 4. The van der Waals surface area contributed by atoms with E-state index < -0.39 is 11.8 Å². The number of hydrogen-bond donors (Lipinski definition) is 2. The summed E-state index contributed by atoms with van der Waals surface area (Å²) in [6.07, 6.45) is 3.20. The second kappa shape index (κ2) is 8.49. The second-order valence-corrected chi connectivity index (χ2v) is 6.41. The third-order valence-corrected chi connectivity index (χ3v) is 4.38. The Morgan fingerprint density at radius 3 is 2.57 bits per heavy atom. The first-order valence-corrected chi connectivity index (χ1v) is 8.78. The van der Waals surface area contributed by atoms with Gasteiger partial charge in [-0.15, -0.1) is 0 Å². The van der Waals surface area contributed by atoms with Gasteiger partial charge in [0.05, 0.1) is 0 Å². The maximum Gasteiger partial charge on any atom is 0.313 e. The molecule has 2 N–H and O–H groups in total. The topological polar surface area (TPSA) is 93.1 Å². The molecule has 28 heavy (non-hydrogen) atoms. The van der Waals surface area contributed by atoms with Crippen molar-refractivity contribution in [2.75, 3.05) is 5.32 Å². The summed E-state index contributed by atoms with van der Waals surface area (Å²) < 4.78 is 1.61. The quantitative estimate of drug-likeness (QED) is 0.512. The van der Waals surface area contributed by atoms with Crippen LogP contribution in [-0.4, -0.2) is 27.1 Å². The number of ketones is 1. The number of amides is 2. The number of halogens is 1. The van der Waals surface area contributed by atoms with Crippen molar-refractivity contribution in [3.05, 3.63) is 82.9 Å². The highest BCUT2D eigenvalue weighted by atomic mass is 35.5. The number of carbonyl (C=O) groups is 3. The monoisotopic (exact) mass is 396 g/mol. The molecule has 142 valence electrons. The fourth-order valence-electron chi connectivity index (χ4n) is 2.54.